The average molecular weight is 375 g/mol. The Balaban J connectivity index is 2.21. The Labute approximate surface area is 148 Å². The zero-order chi connectivity index (χ0) is 17.9. The maximum Gasteiger partial charge on any atom is 0.261 e. The summed E-state index contributed by atoms with van der Waals surface area (Å²) in [5, 5.41) is 3.26. The third-order valence-electron chi connectivity index (χ3n) is 3.77. The van der Waals surface area contributed by atoms with Gasteiger partial charge in [0.15, 0.2) is 6.10 Å². The predicted molar refractivity (Wildman–Crippen MR) is 95.1 cm³/mol. The van der Waals surface area contributed by atoms with Gasteiger partial charge in [0.05, 0.1) is 11.9 Å². The van der Waals surface area contributed by atoms with E-state index in [0.29, 0.717) is 28.9 Å². The second-order valence-electron chi connectivity index (χ2n) is 6.32. The number of halogens is 1. The van der Waals surface area contributed by atoms with E-state index >= 15 is 0 Å². The Morgan fingerprint density at radius 1 is 1.46 bits per heavy atom. The van der Waals surface area contributed by atoms with Crippen molar-refractivity contribution in [2.75, 3.05) is 23.7 Å². The van der Waals surface area contributed by atoms with Crippen LogP contribution in [0.5, 0.6) is 5.75 Å². The lowest BCUT2D eigenvalue weighted by molar-refractivity contribution is -0.128. The highest BCUT2D eigenvalue weighted by molar-refractivity contribution is 7.92. The molecule has 1 aliphatic heterocycles. The van der Waals surface area contributed by atoms with Crippen molar-refractivity contribution in [2.24, 2.45) is 5.92 Å². The van der Waals surface area contributed by atoms with Gasteiger partial charge in [-0.05, 0) is 30.5 Å². The fraction of sp³-hybridized carbons (Fsp3) is 0.562. The summed E-state index contributed by atoms with van der Waals surface area (Å²) in [7, 11) is -3.49. The zero-order valence-electron chi connectivity index (χ0n) is 14.1. The van der Waals surface area contributed by atoms with Crippen LogP contribution < -0.4 is 14.4 Å². The minimum absolute atomic E-state index is 0.161. The molecule has 0 radical (unpaired) electrons. The van der Waals surface area contributed by atoms with E-state index in [9.17, 15) is 13.2 Å². The van der Waals surface area contributed by atoms with Crippen molar-refractivity contribution in [2.45, 2.75) is 32.8 Å². The average Bonchev–Trinajstić information content (AvgIpc) is 2.65. The molecule has 1 N–H and O–H groups in total. The SMILES string of the molecule is CC(C)CCNC(=O)[C@@H]1CCN(S(C)(=O)=O)c2cc(Cl)ccc2O1. The monoisotopic (exact) mass is 374 g/mol. The molecule has 1 heterocycles. The quantitative estimate of drug-likeness (QED) is 0.858. The van der Waals surface area contributed by atoms with Crippen LogP contribution in [0.15, 0.2) is 18.2 Å². The number of fused-ring (bicyclic) bond motifs is 1. The Hall–Kier alpha value is -1.47. The standard InChI is InChI=1S/C16H23ClN2O4S/c1-11(2)6-8-18-16(20)15-7-9-19(24(3,21)22)13-10-12(17)4-5-14(13)23-15/h4-5,10-11,15H,6-9H2,1-3H3,(H,18,20)/t15-/m0/s1. The van der Waals surface area contributed by atoms with Crippen molar-refractivity contribution in [3.63, 3.8) is 0 Å². The van der Waals surface area contributed by atoms with Gasteiger partial charge in [0, 0.05) is 24.5 Å². The van der Waals surface area contributed by atoms with Crippen LogP contribution in [-0.2, 0) is 14.8 Å². The molecule has 1 atom stereocenters. The lowest BCUT2D eigenvalue weighted by Crippen LogP contribution is -2.40. The van der Waals surface area contributed by atoms with Crippen molar-refractivity contribution in [1.82, 2.24) is 5.32 Å². The molecule has 1 aromatic rings. The summed E-state index contributed by atoms with van der Waals surface area (Å²) >= 11 is 5.99. The molecule has 1 aromatic carbocycles. The van der Waals surface area contributed by atoms with Crippen molar-refractivity contribution in [3.05, 3.63) is 23.2 Å². The minimum Gasteiger partial charge on any atom is -0.478 e. The zero-order valence-corrected chi connectivity index (χ0v) is 15.7. The molecule has 8 heteroatoms. The highest BCUT2D eigenvalue weighted by atomic mass is 35.5. The third-order valence-corrected chi connectivity index (χ3v) is 5.18. The summed E-state index contributed by atoms with van der Waals surface area (Å²) in [6, 6.07) is 4.74. The van der Waals surface area contributed by atoms with Gasteiger partial charge in [0.25, 0.3) is 5.91 Å². The van der Waals surface area contributed by atoms with Crippen molar-refractivity contribution in [3.8, 4) is 5.75 Å². The van der Waals surface area contributed by atoms with Gasteiger partial charge in [-0.1, -0.05) is 25.4 Å². The van der Waals surface area contributed by atoms with E-state index < -0.39 is 16.1 Å². The number of benzene rings is 1. The highest BCUT2D eigenvalue weighted by Gasteiger charge is 2.31. The number of hydrogen-bond acceptors (Lipinski definition) is 4. The van der Waals surface area contributed by atoms with E-state index in [0.717, 1.165) is 12.7 Å². The van der Waals surface area contributed by atoms with Crippen LogP contribution in [0.2, 0.25) is 5.02 Å². The highest BCUT2D eigenvalue weighted by Crippen LogP contribution is 2.36. The van der Waals surface area contributed by atoms with Gasteiger partial charge in [-0.25, -0.2) is 8.42 Å². The van der Waals surface area contributed by atoms with Crippen LogP contribution in [0.1, 0.15) is 26.7 Å². The molecule has 24 heavy (non-hydrogen) atoms. The summed E-state index contributed by atoms with van der Waals surface area (Å²) < 4.78 is 31.1. The topological polar surface area (TPSA) is 75.7 Å². The first kappa shape index (κ1) is 18.9. The van der Waals surface area contributed by atoms with Crippen LogP contribution in [0.3, 0.4) is 0 Å². The van der Waals surface area contributed by atoms with Crippen molar-refractivity contribution < 1.29 is 17.9 Å². The van der Waals surface area contributed by atoms with Crippen LogP contribution in [-0.4, -0.2) is 39.8 Å². The number of nitrogens with one attached hydrogen (secondary N) is 1. The molecular weight excluding hydrogens is 352 g/mol. The minimum atomic E-state index is -3.49. The molecule has 6 nitrogen and oxygen atoms in total. The summed E-state index contributed by atoms with van der Waals surface area (Å²) in [5.74, 6) is 0.599. The Morgan fingerprint density at radius 3 is 2.79 bits per heavy atom. The summed E-state index contributed by atoms with van der Waals surface area (Å²) in [6.07, 6.45) is 1.54. The first-order valence-electron chi connectivity index (χ1n) is 7.90. The lowest BCUT2D eigenvalue weighted by Gasteiger charge is -2.21. The molecule has 0 spiro atoms. The number of hydrogen-bond donors (Lipinski definition) is 1. The van der Waals surface area contributed by atoms with E-state index in [2.05, 4.69) is 19.2 Å². The van der Waals surface area contributed by atoms with Gasteiger partial charge >= 0.3 is 0 Å². The number of rotatable bonds is 5. The maximum atomic E-state index is 12.3. The molecule has 0 unspecified atom stereocenters. The first-order valence-corrected chi connectivity index (χ1v) is 10.1. The van der Waals surface area contributed by atoms with Gasteiger partial charge in [-0.15, -0.1) is 0 Å². The Morgan fingerprint density at radius 2 is 2.17 bits per heavy atom. The molecule has 0 saturated heterocycles. The summed E-state index contributed by atoms with van der Waals surface area (Å²) in [4.78, 5) is 12.3. The molecule has 0 saturated carbocycles. The molecule has 0 fully saturated rings. The smallest absolute Gasteiger partial charge is 0.261 e. The predicted octanol–water partition coefficient (Wildman–Crippen LogP) is 2.42. The molecular formula is C16H23ClN2O4S. The number of ether oxygens (including phenoxy) is 1. The van der Waals surface area contributed by atoms with Crippen LogP contribution >= 0.6 is 11.6 Å². The third kappa shape index (κ3) is 4.77. The van der Waals surface area contributed by atoms with E-state index in [1.165, 1.54) is 10.4 Å². The fourth-order valence-corrected chi connectivity index (χ4v) is 3.58. The van der Waals surface area contributed by atoms with Gasteiger partial charge in [0.2, 0.25) is 10.0 Å². The van der Waals surface area contributed by atoms with Crippen LogP contribution in [0.25, 0.3) is 0 Å². The second-order valence-corrected chi connectivity index (χ2v) is 8.66. The maximum absolute atomic E-state index is 12.3. The summed E-state index contributed by atoms with van der Waals surface area (Å²) in [6.45, 7) is 4.89. The molecule has 0 bridgehead atoms. The summed E-state index contributed by atoms with van der Waals surface area (Å²) in [5.41, 5.74) is 0.363. The van der Waals surface area contributed by atoms with E-state index in [1.54, 1.807) is 12.1 Å². The van der Waals surface area contributed by atoms with Crippen molar-refractivity contribution in [1.29, 1.82) is 0 Å². The molecule has 2 rings (SSSR count). The molecule has 0 aliphatic carbocycles. The van der Waals surface area contributed by atoms with Crippen LogP contribution in [0.4, 0.5) is 5.69 Å². The van der Waals surface area contributed by atoms with Gasteiger partial charge in [0.1, 0.15) is 5.75 Å². The molecule has 0 aromatic heterocycles. The molecule has 1 amide bonds. The fourth-order valence-electron chi connectivity index (χ4n) is 2.48. The Kier molecular flexibility index (Phi) is 5.98. The second kappa shape index (κ2) is 7.61. The number of anilines is 1. The van der Waals surface area contributed by atoms with Gasteiger partial charge in [-0.3, -0.25) is 9.10 Å². The molecule has 1 aliphatic rings. The van der Waals surface area contributed by atoms with E-state index in [4.69, 9.17) is 16.3 Å². The van der Waals surface area contributed by atoms with Crippen molar-refractivity contribution >= 4 is 33.2 Å². The van der Waals surface area contributed by atoms with Gasteiger partial charge < -0.3 is 10.1 Å². The van der Waals surface area contributed by atoms with E-state index in [-0.39, 0.29) is 18.9 Å². The van der Waals surface area contributed by atoms with E-state index in [1.807, 2.05) is 0 Å². The lowest BCUT2D eigenvalue weighted by atomic mass is 10.1. The van der Waals surface area contributed by atoms with Gasteiger partial charge in [-0.2, -0.15) is 0 Å². The largest absolute Gasteiger partial charge is 0.478 e. The number of nitrogens with zero attached hydrogens (tertiary/aromatic N) is 1. The first-order chi connectivity index (χ1) is 11.2. The number of carbonyl (C=O) groups excluding carboxylic acids is 1. The molecule has 134 valence electrons. The normalized spacial score (nSPS) is 17.9. The van der Waals surface area contributed by atoms with Crippen LogP contribution in [0, 0.1) is 5.92 Å². The number of amides is 1. The number of sulfonamides is 1. The number of carbonyl (C=O) groups is 1. The Bertz CT molecular complexity index is 706.